The fourth-order valence-electron chi connectivity index (χ4n) is 2.66. The number of ether oxygens (including phenoxy) is 2. The molecule has 25 heavy (non-hydrogen) atoms. The zero-order valence-corrected chi connectivity index (χ0v) is 15.2. The number of carbonyl (C=O) groups excluding carboxylic acids is 3. The largest absolute Gasteiger partial charge is 0.462 e. The molecular weight excluding hydrogens is 346 g/mol. The van der Waals surface area contributed by atoms with Crippen LogP contribution in [0.2, 0.25) is 0 Å². The minimum absolute atomic E-state index is 0.236. The summed E-state index contributed by atoms with van der Waals surface area (Å²) in [4.78, 5) is 36.9. The summed E-state index contributed by atoms with van der Waals surface area (Å²) in [6, 6.07) is 1.69. The molecule has 0 aromatic carbocycles. The highest BCUT2D eigenvalue weighted by Crippen LogP contribution is 2.31. The van der Waals surface area contributed by atoms with E-state index in [2.05, 4.69) is 5.32 Å². The SMILES string of the molecule is CCOC(=O)c1cc(CC)sc1NC(=O)COC(=O)C1(O)CCCC1. The molecule has 1 saturated carbocycles. The number of rotatable bonds is 7. The molecule has 1 aromatic heterocycles. The minimum atomic E-state index is -1.48. The topological polar surface area (TPSA) is 102 Å². The summed E-state index contributed by atoms with van der Waals surface area (Å²) in [5.74, 6) is -1.85. The summed E-state index contributed by atoms with van der Waals surface area (Å²) in [6.07, 6.45) is 2.94. The predicted molar refractivity (Wildman–Crippen MR) is 92.7 cm³/mol. The Balaban J connectivity index is 1.96. The van der Waals surface area contributed by atoms with E-state index in [0.29, 0.717) is 17.8 Å². The third-order valence-corrected chi connectivity index (χ3v) is 5.22. The quantitative estimate of drug-likeness (QED) is 0.715. The average molecular weight is 369 g/mol. The van der Waals surface area contributed by atoms with Crippen molar-refractivity contribution in [3.8, 4) is 0 Å². The molecule has 1 amide bonds. The molecule has 138 valence electrons. The third-order valence-electron chi connectivity index (χ3n) is 4.02. The molecule has 0 atom stereocenters. The van der Waals surface area contributed by atoms with Crippen molar-refractivity contribution in [2.45, 2.75) is 51.6 Å². The first-order valence-electron chi connectivity index (χ1n) is 8.39. The van der Waals surface area contributed by atoms with Crippen LogP contribution in [0.15, 0.2) is 6.07 Å². The number of nitrogens with one attached hydrogen (secondary N) is 1. The molecule has 0 aliphatic heterocycles. The second-order valence-corrected chi connectivity index (χ2v) is 7.03. The van der Waals surface area contributed by atoms with E-state index in [1.807, 2.05) is 6.92 Å². The number of aliphatic hydroxyl groups is 1. The van der Waals surface area contributed by atoms with E-state index in [0.717, 1.165) is 24.1 Å². The van der Waals surface area contributed by atoms with Crippen molar-refractivity contribution in [3.05, 3.63) is 16.5 Å². The van der Waals surface area contributed by atoms with Gasteiger partial charge in [-0.3, -0.25) is 4.79 Å². The van der Waals surface area contributed by atoms with Crippen LogP contribution in [0.1, 0.15) is 54.8 Å². The third kappa shape index (κ3) is 4.79. The van der Waals surface area contributed by atoms with Gasteiger partial charge in [0.25, 0.3) is 5.91 Å². The fraction of sp³-hybridized carbons (Fsp3) is 0.588. The van der Waals surface area contributed by atoms with Gasteiger partial charge in [-0.05, 0) is 45.1 Å². The molecule has 0 radical (unpaired) electrons. The monoisotopic (exact) mass is 369 g/mol. The van der Waals surface area contributed by atoms with Crippen molar-refractivity contribution in [3.63, 3.8) is 0 Å². The van der Waals surface area contributed by atoms with Crippen LogP contribution < -0.4 is 5.32 Å². The van der Waals surface area contributed by atoms with Crippen LogP contribution in [-0.2, 0) is 25.5 Å². The van der Waals surface area contributed by atoms with Crippen LogP contribution in [0, 0.1) is 0 Å². The molecule has 1 fully saturated rings. The van der Waals surface area contributed by atoms with E-state index in [1.165, 1.54) is 11.3 Å². The van der Waals surface area contributed by atoms with Crippen molar-refractivity contribution >= 4 is 34.2 Å². The summed E-state index contributed by atoms with van der Waals surface area (Å²) in [5.41, 5.74) is -1.19. The molecule has 0 saturated heterocycles. The van der Waals surface area contributed by atoms with Gasteiger partial charge in [0, 0.05) is 4.88 Å². The Morgan fingerprint density at radius 1 is 1.24 bits per heavy atom. The molecule has 1 heterocycles. The van der Waals surface area contributed by atoms with Gasteiger partial charge in [0.15, 0.2) is 12.2 Å². The lowest BCUT2D eigenvalue weighted by Crippen LogP contribution is -2.38. The van der Waals surface area contributed by atoms with Crippen LogP contribution in [0.5, 0.6) is 0 Å². The molecule has 0 unspecified atom stereocenters. The van der Waals surface area contributed by atoms with Gasteiger partial charge in [-0.15, -0.1) is 11.3 Å². The summed E-state index contributed by atoms with van der Waals surface area (Å²) < 4.78 is 9.92. The Hall–Kier alpha value is -1.93. The zero-order valence-electron chi connectivity index (χ0n) is 14.4. The number of aryl methyl sites for hydroxylation is 1. The molecule has 7 nitrogen and oxygen atoms in total. The van der Waals surface area contributed by atoms with Crippen molar-refractivity contribution < 1.29 is 29.0 Å². The van der Waals surface area contributed by atoms with E-state index in [4.69, 9.17) is 9.47 Å². The summed E-state index contributed by atoms with van der Waals surface area (Å²) in [6.45, 7) is 3.37. The van der Waals surface area contributed by atoms with Gasteiger partial charge in [-0.1, -0.05) is 6.92 Å². The Morgan fingerprint density at radius 3 is 2.52 bits per heavy atom. The first-order chi connectivity index (χ1) is 11.9. The first-order valence-corrected chi connectivity index (χ1v) is 9.20. The molecule has 1 aliphatic rings. The molecule has 2 rings (SSSR count). The second kappa shape index (κ2) is 8.44. The molecule has 1 aliphatic carbocycles. The molecule has 2 N–H and O–H groups in total. The lowest BCUT2D eigenvalue weighted by Gasteiger charge is -2.19. The fourth-order valence-corrected chi connectivity index (χ4v) is 3.66. The van der Waals surface area contributed by atoms with Crippen LogP contribution in [0.4, 0.5) is 5.00 Å². The maximum absolute atomic E-state index is 12.1. The first kappa shape index (κ1) is 19.4. The van der Waals surface area contributed by atoms with Gasteiger partial charge in [0.05, 0.1) is 12.2 Å². The van der Waals surface area contributed by atoms with Crippen molar-refractivity contribution in [1.82, 2.24) is 0 Å². The van der Waals surface area contributed by atoms with Gasteiger partial charge in [0.1, 0.15) is 5.00 Å². The van der Waals surface area contributed by atoms with Gasteiger partial charge in [-0.25, -0.2) is 9.59 Å². The summed E-state index contributed by atoms with van der Waals surface area (Å²) in [5, 5.41) is 13.1. The highest BCUT2D eigenvalue weighted by atomic mass is 32.1. The van der Waals surface area contributed by atoms with Crippen LogP contribution >= 0.6 is 11.3 Å². The van der Waals surface area contributed by atoms with Crippen LogP contribution in [0.25, 0.3) is 0 Å². The number of esters is 2. The van der Waals surface area contributed by atoms with Crippen molar-refractivity contribution in [2.24, 2.45) is 0 Å². The highest BCUT2D eigenvalue weighted by molar-refractivity contribution is 7.16. The second-order valence-electron chi connectivity index (χ2n) is 5.89. The Bertz CT molecular complexity index is 648. The molecule has 1 aromatic rings. The summed E-state index contributed by atoms with van der Waals surface area (Å²) >= 11 is 1.28. The number of amides is 1. The molecule has 8 heteroatoms. The number of carbonyl (C=O) groups is 3. The van der Waals surface area contributed by atoms with Gasteiger partial charge >= 0.3 is 11.9 Å². The Kier molecular flexibility index (Phi) is 6.55. The predicted octanol–water partition coefficient (Wildman–Crippen LogP) is 2.27. The highest BCUT2D eigenvalue weighted by Gasteiger charge is 2.40. The van der Waals surface area contributed by atoms with E-state index in [-0.39, 0.29) is 12.2 Å². The van der Waals surface area contributed by atoms with E-state index in [9.17, 15) is 19.5 Å². The molecule has 0 bridgehead atoms. The van der Waals surface area contributed by atoms with E-state index < -0.39 is 30.1 Å². The minimum Gasteiger partial charge on any atom is -0.462 e. The molecule has 0 spiro atoms. The maximum Gasteiger partial charge on any atom is 0.341 e. The Morgan fingerprint density at radius 2 is 1.92 bits per heavy atom. The lowest BCUT2D eigenvalue weighted by atomic mass is 10.0. The smallest absolute Gasteiger partial charge is 0.341 e. The van der Waals surface area contributed by atoms with Crippen molar-refractivity contribution in [2.75, 3.05) is 18.5 Å². The zero-order chi connectivity index (χ0) is 18.4. The van der Waals surface area contributed by atoms with E-state index >= 15 is 0 Å². The molecular formula is C17H23NO6S. The number of thiophene rings is 1. The van der Waals surface area contributed by atoms with Crippen LogP contribution in [0.3, 0.4) is 0 Å². The average Bonchev–Trinajstić information content (AvgIpc) is 3.20. The van der Waals surface area contributed by atoms with Crippen molar-refractivity contribution in [1.29, 1.82) is 0 Å². The van der Waals surface area contributed by atoms with Crippen LogP contribution in [-0.4, -0.2) is 41.8 Å². The van der Waals surface area contributed by atoms with Gasteiger partial charge in [-0.2, -0.15) is 0 Å². The Labute approximate surface area is 150 Å². The summed E-state index contributed by atoms with van der Waals surface area (Å²) in [7, 11) is 0. The number of anilines is 1. The standard InChI is InChI=1S/C17H23NO6S/c1-3-11-9-12(15(20)23-4-2)14(25-11)18-13(19)10-24-16(21)17(22)7-5-6-8-17/h9,22H,3-8,10H2,1-2H3,(H,18,19). The lowest BCUT2D eigenvalue weighted by molar-refractivity contribution is -0.166. The van der Waals surface area contributed by atoms with Gasteiger partial charge < -0.3 is 19.9 Å². The number of hydrogen-bond acceptors (Lipinski definition) is 7. The van der Waals surface area contributed by atoms with E-state index in [1.54, 1.807) is 13.0 Å². The maximum atomic E-state index is 12.1. The van der Waals surface area contributed by atoms with Gasteiger partial charge in [0.2, 0.25) is 0 Å². The normalized spacial score (nSPS) is 15.6. The number of hydrogen-bond donors (Lipinski definition) is 2.